The molecule has 0 radical (unpaired) electrons. The topological polar surface area (TPSA) is 91.8 Å². The van der Waals surface area contributed by atoms with Crippen LogP contribution in [0.4, 0.5) is 0 Å². The van der Waals surface area contributed by atoms with Gasteiger partial charge in [-0.25, -0.2) is 19.3 Å². The molecule has 0 aliphatic carbocycles. The van der Waals surface area contributed by atoms with Crippen LogP contribution in [0.5, 0.6) is 17.4 Å². The molecular weight excluding hydrogens is 548 g/mol. The van der Waals surface area contributed by atoms with Gasteiger partial charge >= 0.3 is 5.63 Å². The molecule has 3 aromatic heterocycles. The molecule has 7 rings (SSSR count). The van der Waals surface area contributed by atoms with E-state index in [2.05, 4.69) is 26.0 Å². The predicted octanol–water partition coefficient (Wildman–Crippen LogP) is 6.34. The maximum atomic E-state index is 13.5. The van der Waals surface area contributed by atoms with E-state index in [-0.39, 0.29) is 0 Å². The second kappa shape index (κ2) is 8.81. The lowest BCUT2D eigenvalue weighted by Crippen LogP contribution is -2.22. The molecule has 9 heteroatoms. The number of benzene rings is 3. The fourth-order valence-electron chi connectivity index (χ4n) is 4.94. The largest absolute Gasteiger partial charge is 0.494 e. The SMILES string of the molecule is CCOc1ccc(C2c3c(c4ccccc4oc3=O)Oc3ncn4nc(-c5ccccc5Br)nc4c32)cc1. The number of nitrogens with zero attached hydrogens (tertiary/aromatic N) is 4. The number of fused-ring (bicyclic) bond motifs is 6. The highest BCUT2D eigenvalue weighted by Crippen LogP contribution is 2.49. The molecular formula is C29H19BrN4O4. The molecule has 0 bridgehead atoms. The van der Waals surface area contributed by atoms with Crippen molar-refractivity contribution in [2.75, 3.05) is 6.61 Å². The van der Waals surface area contributed by atoms with Crippen molar-refractivity contribution >= 4 is 32.5 Å². The number of rotatable bonds is 4. The van der Waals surface area contributed by atoms with Crippen LogP contribution in [0.15, 0.2) is 92.8 Å². The smallest absolute Gasteiger partial charge is 0.344 e. The zero-order valence-electron chi connectivity index (χ0n) is 20.1. The first-order valence-electron chi connectivity index (χ1n) is 12.1. The molecule has 186 valence electrons. The van der Waals surface area contributed by atoms with Gasteiger partial charge < -0.3 is 13.9 Å². The zero-order valence-corrected chi connectivity index (χ0v) is 21.7. The van der Waals surface area contributed by atoms with Gasteiger partial charge in [0.1, 0.15) is 17.7 Å². The molecule has 0 amide bonds. The van der Waals surface area contributed by atoms with Crippen molar-refractivity contribution in [1.82, 2.24) is 19.6 Å². The molecule has 0 saturated carbocycles. The van der Waals surface area contributed by atoms with Gasteiger partial charge in [-0.15, -0.1) is 5.10 Å². The third kappa shape index (κ3) is 3.50. The summed E-state index contributed by atoms with van der Waals surface area (Å²) >= 11 is 3.59. The third-order valence-corrected chi connectivity index (χ3v) is 7.29. The molecule has 4 heterocycles. The van der Waals surface area contributed by atoms with Crippen LogP contribution in [-0.4, -0.2) is 26.2 Å². The summed E-state index contributed by atoms with van der Waals surface area (Å²) in [6.07, 6.45) is 1.58. The lowest BCUT2D eigenvalue weighted by Gasteiger charge is -2.27. The van der Waals surface area contributed by atoms with Gasteiger partial charge in [-0.1, -0.05) is 52.3 Å². The fraction of sp³-hybridized carbons (Fsp3) is 0.103. The summed E-state index contributed by atoms with van der Waals surface area (Å²) in [5.74, 6) is 1.51. The molecule has 0 saturated heterocycles. The van der Waals surface area contributed by atoms with Gasteiger partial charge in [0.15, 0.2) is 17.2 Å². The van der Waals surface area contributed by atoms with E-state index in [0.29, 0.717) is 51.8 Å². The van der Waals surface area contributed by atoms with Crippen LogP contribution in [-0.2, 0) is 0 Å². The lowest BCUT2D eigenvalue weighted by molar-refractivity contribution is 0.340. The van der Waals surface area contributed by atoms with Crippen molar-refractivity contribution in [2.24, 2.45) is 0 Å². The molecule has 38 heavy (non-hydrogen) atoms. The molecule has 1 aliphatic rings. The van der Waals surface area contributed by atoms with E-state index >= 15 is 0 Å². The highest BCUT2D eigenvalue weighted by atomic mass is 79.9. The Balaban J connectivity index is 1.52. The van der Waals surface area contributed by atoms with E-state index in [1.165, 1.54) is 0 Å². The first-order chi connectivity index (χ1) is 18.6. The van der Waals surface area contributed by atoms with Gasteiger partial charge in [0.05, 0.1) is 29.0 Å². The highest BCUT2D eigenvalue weighted by Gasteiger charge is 2.37. The average Bonchev–Trinajstić information content (AvgIpc) is 3.37. The lowest BCUT2D eigenvalue weighted by atomic mass is 9.84. The van der Waals surface area contributed by atoms with Gasteiger partial charge in [-0.05, 0) is 48.9 Å². The van der Waals surface area contributed by atoms with Crippen LogP contribution in [0.3, 0.4) is 0 Å². The van der Waals surface area contributed by atoms with Crippen molar-refractivity contribution in [3.8, 4) is 28.8 Å². The number of hydrogen-bond donors (Lipinski definition) is 0. The van der Waals surface area contributed by atoms with E-state index in [1.807, 2.05) is 73.7 Å². The van der Waals surface area contributed by atoms with Gasteiger partial charge in [0, 0.05) is 10.0 Å². The second-order valence-electron chi connectivity index (χ2n) is 8.81. The number of aromatic nitrogens is 4. The summed E-state index contributed by atoms with van der Waals surface area (Å²) in [5.41, 5.74) is 3.23. The summed E-state index contributed by atoms with van der Waals surface area (Å²) in [6, 6.07) is 22.7. The summed E-state index contributed by atoms with van der Waals surface area (Å²) in [4.78, 5) is 23.0. The molecule has 6 aromatic rings. The van der Waals surface area contributed by atoms with Crippen molar-refractivity contribution in [3.05, 3.63) is 111 Å². The molecule has 1 aliphatic heterocycles. The van der Waals surface area contributed by atoms with Crippen molar-refractivity contribution < 1.29 is 13.9 Å². The monoisotopic (exact) mass is 566 g/mol. The zero-order chi connectivity index (χ0) is 25.8. The van der Waals surface area contributed by atoms with E-state index in [1.54, 1.807) is 16.9 Å². The summed E-state index contributed by atoms with van der Waals surface area (Å²) in [6.45, 7) is 2.49. The third-order valence-electron chi connectivity index (χ3n) is 6.60. The molecule has 1 atom stereocenters. The van der Waals surface area contributed by atoms with Crippen molar-refractivity contribution in [1.29, 1.82) is 0 Å². The Labute approximate surface area is 224 Å². The standard InChI is InChI=1S/C29H19BrN4O4/c1-2-36-17-13-11-16(12-14-17)22-23-25(19-8-4-6-10-21(19)37-29(23)35)38-28-24(22)27-32-26(33-34(27)15-31-28)18-7-3-5-9-20(18)30/h3-15,22H,2H2,1H3. The first kappa shape index (κ1) is 22.7. The normalized spacial score (nSPS) is 14.2. The summed E-state index contributed by atoms with van der Waals surface area (Å²) < 4.78 is 20.2. The van der Waals surface area contributed by atoms with Gasteiger partial charge in [0.2, 0.25) is 5.88 Å². The number of hydrogen-bond acceptors (Lipinski definition) is 7. The summed E-state index contributed by atoms with van der Waals surface area (Å²) in [7, 11) is 0. The minimum Gasteiger partial charge on any atom is -0.494 e. The molecule has 0 fully saturated rings. The van der Waals surface area contributed by atoms with E-state index < -0.39 is 11.5 Å². The van der Waals surface area contributed by atoms with Gasteiger partial charge in [-0.3, -0.25) is 0 Å². The van der Waals surface area contributed by atoms with Crippen LogP contribution < -0.4 is 15.1 Å². The minimum atomic E-state index is -0.558. The second-order valence-corrected chi connectivity index (χ2v) is 9.67. The minimum absolute atomic E-state index is 0.366. The predicted molar refractivity (Wildman–Crippen MR) is 145 cm³/mol. The number of ether oxygens (including phenoxy) is 2. The van der Waals surface area contributed by atoms with Crippen LogP contribution in [0.25, 0.3) is 28.0 Å². The molecule has 0 spiro atoms. The van der Waals surface area contributed by atoms with Crippen LogP contribution in [0.2, 0.25) is 0 Å². The van der Waals surface area contributed by atoms with Crippen LogP contribution >= 0.6 is 15.9 Å². The highest BCUT2D eigenvalue weighted by molar-refractivity contribution is 9.10. The van der Waals surface area contributed by atoms with Gasteiger partial charge in [0.25, 0.3) is 0 Å². The summed E-state index contributed by atoms with van der Waals surface area (Å²) in [5, 5.41) is 5.38. The van der Waals surface area contributed by atoms with E-state index in [9.17, 15) is 4.79 Å². The van der Waals surface area contributed by atoms with E-state index in [4.69, 9.17) is 18.9 Å². The van der Waals surface area contributed by atoms with Gasteiger partial charge in [-0.2, -0.15) is 0 Å². The Kier molecular flexibility index (Phi) is 5.26. The number of halogens is 1. The Hall–Kier alpha value is -4.50. The average molecular weight is 567 g/mol. The fourth-order valence-corrected chi connectivity index (χ4v) is 5.40. The Morgan fingerprint density at radius 2 is 1.79 bits per heavy atom. The van der Waals surface area contributed by atoms with E-state index in [0.717, 1.165) is 21.3 Å². The molecule has 1 unspecified atom stereocenters. The molecule has 8 nitrogen and oxygen atoms in total. The molecule has 0 N–H and O–H groups in total. The first-order valence-corrected chi connectivity index (χ1v) is 12.9. The van der Waals surface area contributed by atoms with Crippen LogP contribution in [0.1, 0.15) is 29.5 Å². The maximum absolute atomic E-state index is 13.5. The quantitative estimate of drug-likeness (QED) is 0.229. The van der Waals surface area contributed by atoms with Crippen molar-refractivity contribution in [2.45, 2.75) is 12.8 Å². The Morgan fingerprint density at radius 3 is 2.61 bits per heavy atom. The number of para-hydroxylation sites is 1. The van der Waals surface area contributed by atoms with Crippen molar-refractivity contribution in [3.63, 3.8) is 0 Å². The van der Waals surface area contributed by atoms with Crippen LogP contribution in [0, 0.1) is 0 Å². The maximum Gasteiger partial charge on any atom is 0.344 e. The Morgan fingerprint density at radius 1 is 1.00 bits per heavy atom. The molecule has 3 aromatic carbocycles. The Bertz CT molecular complexity index is 1910.